The summed E-state index contributed by atoms with van der Waals surface area (Å²) in [5, 5.41) is 16.7. The molecule has 0 aliphatic rings. The molecule has 0 saturated carbocycles. The van der Waals surface area contributed by atoms with Crippen LogP contribution in [0.2, 0.25) is 0 Å². The molecule has 2 aromatic rings. The highest BCUT2D eigenvalue weighted by Crippen LogP contribution is 2.32. The highest BCUT2D eigenvalue weighted by molar-refractivity contribution is 7.09. The van der Waals surface area contributed by atoms with Crippen molar-refractivity contribution in [2.75, 3.05) is 27.7 Å². The van der Waals surface area contributed by atoms with Crippen molar-refractivity contribution in [3.63, 3.8) is 0 Å². The molecule has 0 aliphatic carbocycles. The second kappa shape index (κ2) is 17.5. The zero-order valence-electron chi connectivity index (χ0n) is 28.4. The molecule has 5 atom stereocenters. The molecule has 1 aromatic heterocycles. The molecular formula is C33H52N4O7S. The summed E-state index contributed by atoms with van der Waals surface area (Å²) in [5.74, 6) is -0.659. The third kappa shape index (κ3) is 12.6. The molecule has 1 heterocycles. The van der Waals surface area contributed by atoms with E-state index in [9.17, 15) is 19.5 Å². The summed E-state index contributed by atoms with van der Waals surface area (Å²) >= 11 is 1.26. The maximum absolute atomic E-state index is 12.9. The molecule has 0 radical (unpaired) electrons. The average Bonchev–Trinajstić information content (AvgIpc) is 3.44. The summed E-state index contributed by atoms with van der Waals surface area (Å²) in [6.07, 6.45) is -1.65. The standard InChI is InChI=1S/C33H52N4O7S/c1-11-42-30(39)22(4)17-24(18-23-15-13-12-14-16-23)34-28(38)25-20-45-29(35-25)27(43-31(40)36(8)9)19-26(21(2)3)37(10)32(41)44-33(5,6)7/h12-16,20-22,24,26-28,34,38H,11,17-19H2,1-10H3/t22-,24+,26+,27+,28?/m0/s1. The number of aliphatic hydroxyl groups excluding tert-OH is 1. The maximum Gasteiger partial charge on any atom is 0.410 e. The van der Waals surface area contributed by atoms with Gasteiger partial charge in [-0.25, -0.2) is 14.6 Å². The van der Waals surface area contributed by atoms with Crippen molar-refractivity contribution in [2.24, 2.45) is 11.8 Å². The van der Waals surface area contributed by atoms with Gasteiger partial charge in [0.2, 0.25) is 0 Å². The van der Waals surface area contributed by atoms with Gasteiger partial charge in [0.05, 0.1) is 18.2 Å². The van der Waals surface area contributed by atoms with Gasteiger partial charge in [-0.15, -0.1) is 11.3 Å². The predicted molar refractivity (Wildman–Crippen MR) is 175 cm³/mol. The molecule has 2 N–H and O–H groups in total. The van der Waals surface area contributed by atoms with Crippen molar-refractivity contribution < 1.29 is 33.7 Å². The molecule has 0 aliphatic heterocycles. The fourth-order valence-corrected chi connectivity index (χ4v) is 5.67. The van der Waals surface area contributed by atoms with Gasteiger partial charge in [-0.05, 0) is 52.0 Å². The third-order valence-electron chi connectivity index (χ3n) is 7.15. The molecule has 12 heteroatoms. The van der Waals surface area contributed by atoms with E-state index in [0.717, 1.165) is 5.56 Å². The number of benzene rings is 1. The third-order valence-corrected chi connectivity index (χ3v) is 8.11. The number of carbonyl (C=O) groups excluding carboxylic acids is 3. The summed E-state index contributed by atoms with van der Waals surface area (Å²) < 4.78 is 16.7. The van der Waals surface area contributed by atoms with Crippen LogP contribution in [0.3, 0.4) is 0 Å². The van der Waals surface area contributed by atoms with E-state index in [1.807, 2.05) is 71.9 Å². The van der Waals surface area contributed by atoms with E-state index in [4.69, 9.17) is 14.2 Å². The second-order valence-corrected chi connectivity index (χ2v) is 13.8. The van der Waals surface area contributed by atoms with Gasteiger partial charge in [0.1, 0.15) is 16.8 Å². The highest BCUT2D eigenvalue weighted by Gasteiger charge is 2.33. The van der Waals surface area contributed by atoms with E-state index in [1.54, 1.807) is 33.4 Å². The SMILES string of the molecule is CCOC(=O)[C@@H](C)C[C@H](Cc1ccccc1)NC(O)c1csc([C@@H](C[C@H](C(C)C)N(C)C(=O)OC(C)(C)C)OC(=O)N(C)C)n1. The maximum atomic E-state index is 12.9. The molecule has 252 valence electrons. The highest BCUT2D eigenvalue weighted by atomic mass is 32.1. The average molecular weight is 649 g/mol. The first kappa shape index (κ1) is 38.0. The number of ether oxygens (including phenoxy) is 3. The first-order valence-corrected chi connectivity index (χ1v) is 16.3. The first-order chi connectivity index (χ1) is 21.0. The Morgan fingerprint density at radius 1 is 1.02 bits per heavy atom. The number of aliphatic hydroxyl groups is 1. The molecular weight excluding hydrogens is 596 g/mol. The van der Waals surface area contributed by atoms with Crippen LogP contribution < -0.4 is 5.32 Å². The summed E-state index contributed by atoms with van der Waals surface area (Å²) in [6.45, 7) is 13.3. The molecule has 0 saturated heterocycles. The zero-order valence-corrected chi connectivity index (χ0v) is 29.2. The number of rotatable bonds is 15. The van der Waals surface area contributed by atoms with Gasteiger partial charge < -0.3 is 29.1 Å². The number of nitrogens with zero attached hydrogens (tertiary/aromatic N) is 3. The van der Waals surface area contributed by atoms with Crippen LogP contribution in [0.15, 0.2) is 35.7 Å². The van der Waals surface area contributed by atoms with E-state index in [-0.39, 0.29) is 36.3 Å². The van der Waals surface area contributed by atoms with Gasteiger partial charge in [-0.2, -0.15) is 0 Å². The van der Waals surface area contributed by atoms with Crippen LogP contribution in [0.25, 0.3) is 0 Å². The summed E-state index contributed by atoms with van der Waals surface area (Å²) in [7, 11) is 4.86. The van der Waals surface area contributed by atoms with E-state index in [1.165, 1.54) is 21.1 Å². The Kier molecular flexibility index (Phi) is 14.7. The number of hydrogen-bond donors (Lipinski definition) is 2. The summed E-state index contributed by atoms with van der Waals surface area (Å²) in [4.78, 5) is 45.6. The van der Waals surface area contributed by atoms with Crippen LogP contribution in [0, 0.1) is 11.8 Å². The Morgan fingerprint density at radius 3 is 2.22 bits per heavy atom. The molecule has 0 spiro atoms. The first-order valence-electron chi connectivity index (χ1n) is 15.5. The molecule has 1 aromatic carbocycles. The normalized spacial score (nSPS) is 15.0. The monoisotopic (exact) mass is 648 g/mol. The van der Waals surface area contributed by atoms with Crippen molar-refractivity contribution >= 4 is 29.5 Å². The lowest BCUT2D eigenvalue weighted by Crippen LogP contribution is -2.44. The van der Waals surface area contributed by atoms with Gasteiger partial charge in [-0.1, -0.05) is 51.1 Å². The van der Waals surface area contributed by atoms with Crippen LogP contribution in [0.1, 0.15) is 89.9 Å². The van der Waals surface area contributed by atoms with Crippen LogP contribution >= 0.6 is 11.3 Å². The number of thiazole rings is 1. The lowest BCUT2D eigenvalue weighted by molar-refractivity contribution is -0.147. The van der Waals surface area contributed by atoms with Gasteiger partial charge in [-0.3, -0.25) is 10.1 Å². The largest absolute Gasteiger partial charge is 0.466 e. The minimum absolute atomic E-state index is 0.00917. The topological polar surface area (TPSA) is 131 Å². The Morgan fingerprint density at radius 2 is 1.67 bits per heavy atom. The summed E-state index contributed by atoms with van der Waals surface area (Å²) in [5.41, 5.74) is 0.759. The quantitative estimate of drug-likeness (QED) is 0.137. The number of carbonyl (C=O) groups is 3. The number of aromatic nitrogens is 1. The predicted octanol–water partition coefficient (Wildman–Crippen LogP) is 5.95. The molecule has 11 nitrogen and oxygen atoms in total. The lowest BCUT2D eigenvalue weighted by atomic mass is 9.96. The Bertz CT molecular complexity index is 1220. The molecule has 1 unspecified atom stereocenters. The molecule has 45 heavy (non-hydrogen) atoms. The number of esters is 1. The van der Waals surface area contributed by atoms with Crippen LogP contribution in [0.5, 0.6) is 0 Å². The Labute approximate surface area is 272 Å². The van der Waals surface area contributed by atoms with E-state index < -0.39 is 30.1 Å². The Hall–Kier alpha value is -3.22. The van der Waals surface area contributed by atoms with Gasteiger partial charge in [0.25, 0.3) is 0 Å². The molecule has 0 fully saturated rings. The van der Waals surface area contributed by atoms with Crippen molar-refractivity contribution in [3.8, 4) is 0 Å². The van der Waals surface area contributed by atoms with E-state index in [0.29, 0.717) is 30.2 Å². The van der Waals surface area contributed by atoms with E-state index >= 15 is 0 Å². The second-order valence-electron chi connectivity index (χ2n) is 12.9. The fourth-order valence-electron chi connectivity index (χ4n) is 4.79. The fraction of sp³-hybridized carbons (Fsp3) is 0.636. The van der Waals surface area contributed by atoms with Crippen molar-refractivity contribution in [3.05, 3.63) is 52.0 Å². The summed E-state index contributed by atoms with van der Waals surface area (Å²) in [6, 6.07) is 9.24. The number of amides is 2. The van der Waals surface area contributed by atoms with Crippen molar-refractivity contribution in [1.29, 1.82) is 0 Å². The lowest BCUT2D eigenvalue weighted by Gasteiger charge is -2.34. The van der Waals surface area contributed by atoms with Crippen LogP contribution in [0.4, 0.5) is 9.59 Å². The molecule has 2 amide bonds. The van der Waals surface area contributed by atoms with E-state index in [2.05, 4.69) is 10.3 Å². The molecule has 0 bridgehead atoms. The minimum Gasteiger partial charge on any atom is -0.466 e. The van der Waals surface area contributed by atoms with Crippen molar-refractivity contribution in [2.45, 2.75) is 97.7 Å². The molecule has 2 rings (SSSR count). The number of nitrogens with one attached hydrogen (secondary N) is 1. The Balaban J connectivity index is 2.32. The zero-order chi connectivity index (χ0) is 33.9. The minimum atomic E-state index is -1.14. The van der Waals surface area contributed by atoms with Crippen LogP contribution in [-0.4, -0.2) is 83.5 Å². The van der Waals surface area contributed by atoms with Gasteiger partial charge in [0, 0.05) is 45.0 Å². The van der Waals surface area contributed by atoms with Crippen LogP contribution in [-0.2, 0) is 25.4 Å². The smallest absolute Gasteiger partial charge is 0.410 e. The van der Waals surface area contributed by atoms with Gasteiger partial charge >= 0.3 is 18.2 Å². The van der Waals surface area contributed by atoms with Gasteiger partial charge in [0.15, 0.2) is 6.10 Å². The van der Waals surface area contributed by atoms with Crippen molar-refractivity contribution in [1.82, 2.24) is 20.1 Å². The number of hydrogen-bond acceptors (Lipinski definition) is 10.